The molecule has 0 aliphatic carbocycles. The third-order valence-corrected chi connectivity index (χ3v) is 19.7. The summed E-state index contributed by atoms with van der Waals surface area (Å²) >= 11 is 0. The van der Waals surface area contributed by atoms with Gasteiger partial charge >= 0.3 is 5.97 Å². The average Bonchev–Trinajstić information content (AvgIpc) is 3.63. The van der Waals surface area contributed by atoms with Crippen LogP contribution in [-0.2, 0) is 14.3 Å². The van der Waals surface area contributed by atoms with Crippen LogP contribution in [-0.4, -0.2) is 47.4 Å². The maximum Gasteiger partial charge on any atom is 0.305 e. The fraction of sp³-hybridized carbons (Fsp3) is 0.929. The van der Waals surface area contributed by atoms with Gasteiger partial charge in [-0.15, -0.1) is 0 Å². The van der Waals surface area contributed by atoms with E-state index in [1.807, 2.05) is 6.08 Å². The van der Waals surface area contributed by atoms with Gasteiger partial charge in [0.1, 0.15) is 0 Å². The Morgan fingerprint density at radius 1 is 0.300 bits per heavy atom. The summed E-state index contributed by atoms with van der Waals surface area (Å²) in [6.07, 6.45) is 103. The SMILES string of the molecule is CCCCCCCCCCCCCCCCCCCC/C=C/C(O)C(CO)NC(=O)CCCCCCCCCCCCCCCCCCC/C=C\CCCCCCCCCCCCCCCCCCCCOC(=O)CCCCCCCCCCCCCCCC. The predicted molar refractivity (Wildman–Crippen MR) is 398 cm³/mol. The van der Waals surface area contributed by atoms with Crippen molar-refractivity contribution >= 4 is 11.9 Å². The molecule has 0 bridgehead atoms. The Kier molecular flexibility index (Phi) is 78.3. The molecular formula is C84H163NO5. The summed E-state index contributed by atoms with van der Waals surface area (Å²) in [4.78, 5) is 24.6. The molecule has 0 aromatic heterocycles. The van der Waals surface area contributed by atoms with E-state index >= 15 is 0 Å². The largest absolute Gasteiger partial charge is 0.466 e. The topological polar surface area (TPSA) is 95.9 Å². The normalized spacial score (nSPS) is 12.5. The molecule has 0 aliphatic heterocycles. The van der Waals surface area contributed by atoms with Crippen molar-refractivity contribution in [1.29, 1.82) is 0 Å². The van der Waals surface area contributed by atoms with E-state index in [2.05, 4.69) is 31.3 Å². The van der Waals surface area contributed by atoms with Crippen LogP contribution >= 0.6 is 0 Å². The second kappa shape index (κ2) is 79.8. The number of hydrogen-bond donors (Lipinski definition) is 3. The lowest BCUT2D eigenvalue weighted by Gasteiger charge is -2.20. The lowest BCUT2D eigenvalue weighted by atomic mass is 10.0. The molecule has 0 saturated carbocycles. The summed E-state index contributed by atoms with van der Waals surface area (Å²) in [5, 5.41) is 23.3. The molecule has 0 heterocycles. The van der Waals surface area contributed by atoms with Crippen LogP contribution in [0.3, 0.4) is 0 Å². The van der Waals surface area contributed by atoms with E-state index in [-0.39, 0.29) is 18.5 Å². The highest BCUT2D eigenvalue weighted by Gasteiger charge is 2.18. The number of hydrogen-bond acceptors (Lipinski definition) is 5. The van der Waals surface area contributed by atoms with Gasteiger partial charge in [-0.05, 0) is 57.8 Å². The minimum Gasteiger partial charge on any atom is -0.466 e. The first-order valence-corrected chi connectivity index (χ1v) is 41.6. The van der Waals surface area contributed by atoms with Crippen LogP contribution in [0.15, 0.2) is 24.3 Å². The fourth-order valence-corrected chi connectivity index (χ4v) is 13.4. The highest BCUT2D eigenvalue weighted by atomic mass is 16.5. The van der Waals surface area contributed by atoms with E-state index < -0.39 is 12.1 Å². The third kappa shape index (κ3) is 75.4. The third-order valence-electron chi connectivity index (χ3n) is 19.7. The molecule has 0 aromatic carbocycles. The summed E-state index contributed by atoms with van der Waals surface area (Å²) < 4.78 is 5.50. The van der Waals surface area contributed by atoms with E-state index in [4.69, 9.17) is 4.74 Å². The molecule has 3 N–H and O–H groups in total. The van der Waals surface area contributed by atoms with Gasteiger partial charge in [0.25, 0.3) is 0 Å². The number of esters is 1. The van der Waals surface area contributed by atoms with Crippen molar-refractivity contribution in [3.8, 4) is 0 Å². The zero-order chi connectivity index (χ0) is 64.9. The van der Waals surface area contributed by atoms with Crippen molar-refractivity contribution in [1.82, 2.24) is 5.32 Å². The van der Waals surface area contributed by atoms with Gasteiger partial charge in [-0.2, -0.15) is 0 Å². The molecule has 6 heteroatoms. The Morgan fingerprint density at radius 2 is 0.522 bits per heavy atom. The number of carbonyl (C=O) groups is 2. The van der Waals surface area contributed by atoms with Gasteiger partial charge in [0, 0.05) is 12.8 Å². The molecule has 534 valence electrons. The molecule has 1 amide bonds. The molecule has 0 fully saturated rings. The molecule has 0 aromatic rings. The highest BCUT2D eigenvalue weighted by Crippen LogP contribution is 2.20. The number of rotatable bonds is 79. The van der Waals surface area contributed by atoms with E-state index in [1.54, 1.807) is 6.08 Å². The molecule has 0 radical (unpaired) electrons. The van der Waals surface area contributed by atoms with Crippen LogP contribution in [0.25, 0.3) is 0 Å². The fourth-order valence-electron chi connectivity index (χ4n) is 13.4. The van der Waals surface area contributed by atoms with Crippen molar-refractivity contribution in [3.05, 3.63) is 24.3 Å². The first-order chi connectivity index (χ1) is 44.5. The van der Waals surface area contributed by atoms with E-state index in [9.17, 15) is 19.8 Å². The minimum atomic E-state index is -0.842. The number of aliphatic hydroxyl groups excluding tert-OH is 2. The lowest BCUT2D eigenvalue weighted by Crippen LogP contribution is -2.45. The maximum absolute atomic E-state index is 12.5. The van der Waals surface area contributed by atoms with Crippen molar-refractivity contribution in [3.63, 3.8) is 0 Å². The Labute approximate surface area is 564 Å². The zero-order valence-corrected chi connectivity index (χ0v) is 61.4. The predicted octanol–water partition coefficient (Wildman–Crippen LogP) is 27.6. The van der Waals surface area contributed by atoms with Crippen LogP contribution in [0, 0.1) is 0 Å². The second-order valence-electron chi connectivity index (χ2n) is 28.8. The zero-order valence-electron chi connectivity index (χ0n) is 61.4. The molecule has 90 heavy (non-hydrogen) atoms. The monoisotopic (exact) mass is 1270 g/mol. The summed E-state index contributed by atoms with van der Waals surface area (Å²) in [6, 6.07) is -0.625. The van der Waals surface area contributed by atoms with Crippen LogP contribution in [0.2, 0.25) is 0 Å². The molecule has 2 atom stereocenters. The smallest absolute Gasteiger partial charge is 0.305 e. The molecule has 0 rings (SSSR count). The minimum absolute atomic E-state index is 0.0256. The Hall–Kier alpha value is -1.66. The van der Waals surface area contributed by atoms with Crippen LogP contribution in [0.4, 0.5) is 0 Å². The summed E-state index contributed by atoms with van der Waals surface area (Å²) in [5.74, 6) is -0.0332. The number of amides is 1. The standard InChI is InChI=1S/C84H163NO5/c1-3-5-7-9-11-13-15-17-19-20-21-43-46-49-52-56-60-64-68-72-76-82(87)81(80-86)85-83(88)77-73-69-65-61-57-53-50-47-44-41-39-37-35-33-31-29-27-25-23-22-24-26-28-30-32-34-36-38-40-42-45-48-51-55-59-63-67-71-75-79-90-84(89)78-74-70-66-62-58-54-18-16-14-12-10-8-6-4-2/h22-23,72,76,81-82,86-87H,3-21,24-71,73-75,77-80H2,1-2H3,(H,85,88)/b23-22-,76-72+. The summed E-state index contributed by atoms with van der Waals surface area (Å²) in [7, 11) is 0. The molecular weight excluding hydrogens is 1100 g/mol. The maximum atomic E-state index is 12.5. The van der Waals surface area contributed by atoms with Gasteiger partial charge in [0.05, 0.1) is 25.4 Å². The average molecular weight is 1270 g/mol. The molecule has 6 nitrogen and oxygen atoms in total. The molecule has 0 spiro atoms. The van der Waals surface area contributed by atoms with Crippen LogP contribution < -0.4 is 5.32 Å². The van der Waals surface area contributed by atoms with Gasteiger partial charge in [-0.3, -0.25) is 9.59 Å². The van der Waals surface area contributed by atoms with Gasteiger partial charge in [-0.25, -0.2) is 0 Å². The summed E-state index contributed by atoms with van der Waals surface area (Å²) in [6.45, 7) is 4.96. The molecule has 0 aliphatic rings. The Balaban J connectivity index is 3.34. The first-order valence-electron chi connectivity index (χ1n) is 41.6. The van der Waals surface area contributed by atoms with Crippen LogP contribution in [0.5, 0.6) is 0 Å². The molecule has 0 saturated heterocycles. The molecule has 2 unspecified atom stereocenters. The van der Waals surface area contributed by atoms with Gasteiger partial charge in [0.2, 0.25) is 5.91 Å². The van der Waals surface area contributed by atoms with Crippen molar-refractivity contribution < 1.29 is 24.5 Å². The van der Waals surface area contributed by atoms with E-state index in [0.29, 0.717) is 19.4 Å². The Morgan fingerprint density at radius 3 is 0.789 bits per heavy atom. The second-order valence-corrected chi connectivity index (χ2v) is 28.8. The Bertz CT molecular complexity index is 1410. The number of carbonyl (C=O) groups excluding carboxylic acids is 2. The summed E-state index contributed by atoms with van der Waals surface area (Å²) in [5.41, 5.74) is 0. The van der Waals surface area contributed by atoms with E-state index in [1.165, 1.54) is 411 Å². The first kappa shape index (κ1) is 88.3. The number of aliphatic hydroxyl groups is 2. The number of unbranched alkanes of at least 4 members (excludes halogenated alkanes) is 66. The van der Waals surface area contributed by atoms with E-state index in [0.717, 1.165) is 38.5 Å². The van der Waals surface area contributed by atoms with Crippen molar-refractivity contribution in [2.24, 2.45) is 0 Å². The lowest BCUT2D eigenvalue weighted by molar-refractivity contribution is -0.143. The van der Waals surface area contributed by atoms with Gasteiger partial charge < -0.3 is 20.3 Å². The van der Waals surface area contributed by atoms with Gasteiger partial charge in [0.15, 0.2) is 0 Å². The van der Waals surface area contributed by atoms with Crippen molar-refractivity contribution in [2.45, 2.75) is 488 Å². The number of ether oxygens (including phenoxy) is 1. The van der Waals surface area contributed by atoms with Gasteiger partial charge in [-0.1, -0.05) is 430 Å². The van der Waals surface area contributed by atoms with Crippen molar-refractivity contribution in [2.75, 3.05) is 13.2 Å². The number of allylic oxidation sites excluding steroid dienone is 3. The van der Waals surface area contributed by atoms with Crippen LogP contribution in [0.1, 0.15) is 476 Å². The quantitative estimate of drug-likeness (QED) is 0.0320. The highest BCUT2D eigenvalue weighted by molar-refractivity contribution is 5.76. The number of nitrogens with one attached hydrogen (secondary N) is 1.